The van der Waals surface area contributed by atoms with E-state index in [1.807, 2.05) is 36.4 Å². The number of fused-ring (bicyclic) bond motifs is 1. The SMILES string of the molecule is COCC(Br)CNC(=O)c1ccc2cc(Br)ccc2c1. The van der Waals surface area contributed by atoms with E-state index in [2.05, 4.69) is 37.2 Å². The number of rotatable bonds is 5. The predicted molar refractivity (Wildman–Crippen MR) is 88.6 cm³/mol. The van der Waals surface area contributed by atoms with Crippen LogP contribution in [0.25, 0.3) is 10.8 Å². The molecule has 0 aliphatic rings. The van der Waals surface area contributed by atoms with E-state index in [9.17, 15) is 4.79 Å². The summed E-state index contributed by atoms with van der Waals surface area (Å²) in [6.07, 6.45) is 0. The normalized spacial score (nSPS) is 12.3. The molecule has 1 unspecified atom stereocenters. The van der Waals surface area contributed by atoms with Crippen molar-refractivity contribution < 1.29 is 9.53 Å². The highest BCUT2D eigenvalue weighted by atomic mass is 79.9. The molecule has 2 rings (SSSR count). The van der Waals surface area contributed by atoms with Crippen LogP contribution in [0.4, 0.5) is 0 Å². The van der Waals surface area contributed by atoms with Gasteiger partial charge in [-0.05, 0) is 35.0 Å². The number of amides is 1. The van der Waals surface area contributed by atoms with Gasteiger partial charge in [0.05, 0.1) is 11.4 Å². The number of hydrogen-bond acceptors (Lipinski definition) is 2. The molecular weight excluding hydrogens is 386 g/mol. The van der Waals surface area contributed by atoms with Crippen LogP contribution in [0.3, 0.4) is 0 Å². The first kappa shape index (κ1) is 15.5. The fraction of sp³-hybridized carbons (Fsp3) is 0.267. The second-order valence-electron chi connectivity index (χ2n) is 4.47. The number of halogens is 2. The lowest BCUT2D eigenvalue weighted by Gasteiger charge is -2.10. The third-order valence-electron chi connectivity index (χ3n) is 2.90. The van der Waals surface area contributed by atoms with Gasteiger partial charge in [-0.2, -0.15) is 0 Å². The minimum absolute atomic E-state index is 0.0737. The standard InChI is InChI=1S/C15H15Br2NO2/c1-20-9-14(17)8-18-15(19)12-3-2-11-7-13(16)5-4-10(11)6-12/h2-7,14H,8-9H2,1H3,(H,18,19). The summed E-state index contributed by atoms with van der Waals surface area (Å²) in [5.74, 6) is -0.0737. The molecule has 0 saturated heterocycles. The molecule has 0 heterocycles. The summed E-state index contributed by atoms with van der Waals surface area (Å²) < 4.78 is 6.04. The van der Waals surface area contributed by atoms with Crippen molar-refractivity contribution in [2.45, 2.75) is 4.83 Å². The van der Waals surface area contributed by atoms with Crippen LogP contribution < -0.4 is 5.32 Å². The number of benzene rings is 2. The first-order valence-corrected chi connectivity index (χ1v) is 7.91. The van der Waals surface area contributed by atoms with Crippen molar-refractivity contribution in [3.8, 4) is 0 Å². The average molecular weight is 401 g/mol. The quantitative estimate of drug-likeness (QED) is 0.776. The van der Waals surface area contributed by atoms with Gasteiger partial charge in [0.15, 0.2) is 0 Å². The Morgan fingerprint density at radius 2 is 1.95 bits per heavy atom. The van der Waals surface area contributed by atoms with Crippen molar-refractivity contribution in [3.63, 3.8) is 0 Å². The summed E-state index contributed by atoms with van der Waals surface area (Å²) in [7, 11) is 1.64. The third kappa shape index (κ3) is 4.04. The maximum atomic E-state index is 12.1. The average Bonchev–Trinajstić information content (AvgIpc) is 2.44. The minimum atomic E-state index is -0.0737. The first-order valence-electron chi connectivity index (χ1n) is 6.20. The Labute approximate surface area is 134 Å². The smallest absolute Gasteiger partial charge is 0.251 e. The van der Waals surface area contributed by atoms with Crippen molar-refractivity contribution in [1.29, 1.82) is 0 Å². The van der Waals surface area contributed by atoms with Crippen LogP contribution in [0, 0.1) is 0 Å². The number of carbonyl (C=O) groups excluding carboxylic acids is 1. The number of hydrogen-bond donors (Lipinski definition) is 1. The number of nitrogens with one attached hydrogen (secondary N) is 1. The van der Waals surface area contributed by atoms with Crippen LogP contribution in [0.15, 0.2) is 40.9 Å². The molecule has 20 heavy (non-hydrogen) atoms. The summed E-state index contributed by atoms with van der Waals surface area (Å²) in [6.45, 7) is 1.09. The zero-order valence-corrected chi connectivity index (χ0v) is 14.2. The predicted octanol–water partition coefficient (Wildman–Crippen LogP) is 3.74. The van der Waals surface area contributed by atoms with Crippen molar-refractivity contribution in [2.75, 3.05) is 20.3 Å². The van der Waals surface area contributed by atoms with Crippen LogP contribution >= 0.6 is 31.9 Å². The molecule has 0 bridgehead atoms. The number of alkyl halides is 1. The molecule has 1 N–H and O–H groups in total. The topological polar surface area (TPSA) is 38.3 Å². The number of methoxy groups -OCH3 is 1. The zero-order valence-electron chi connectivity index (χ0n) is 11.0. The first-order chi connectivity index (χ1) is 9.60. The lowest BCUT2D eigenvalue weighted by atomic mass is 10.1. The zero-order chi connectivity index (χ0) is 14.5. The van der Waals surface area contributed by atoms with Gasteiger partial charge >= 0.3 is 0 Å². The molecule has 0 aromatic heterocycles. The van der Waals surface area contributed by atoms with Crippen molar-refractivity contribution >= 4 is 48.5 Å². The Balaban J connectivity index is 2.08. The molecule has 0 fully saturated rings. The maximum Gasteiger partial charge on any atom is 0.251 e. The van der Waals surface area contributed by atoms with Gasteiger partial charge in [-0.1, -0.05) is 44.0 Å². The summed E-state index contributed by atoms with van der Waals surface area (Å²) in [5, 5.41) is 5.04. The molecule has 1 atom stereocenters. The Morgan fingerprint density at radius 3 is 2.70 bits per heavy atom. The fourth-order valence-electron chi connectivity index (χ4n) is 1.90. The molecule has 0 aliphatic carbocycles. The molecule has 0 spiro atoms. The van der Waals surface area contributed by atoms with Gasteiger partial charge in [-0.15, -0.1) is 0 Å². The van der Waals surface area contributed by atoms with E-state index < -0.39 is 0 Å². The Kier molecular flexibility index (Phi) is 5.57. The molecule has 2 aromatic carbocycles. The molecule has 1 amide bonds. The van der Waals surface area contributed by atoms with E-state index in [1.54, 1.807) is 7.11 Å². The maximum absolute atomic E-state index is 12.1. The lowest BCUT2D eigenvalue weighted by Crippen LogP contribution is -2.31. The molecule has 0 saturated carbocycles. The summed E-state index contributed by atoms with van der Waals surface area (Å²) in [5.41, 5.74) is 0.664. The molecule has 3 nitrogen and oxygen atoms in total. The molecule has 2 aromatic rings. The lowest BCUT2D eigenvalue weighted by molar-refractivity contribution is 0.0950. The highest BCUT2D eigenvalue weighted by molar-refractivity contribution is 9.10. The van der Waals surface area contributed by atoms with E-state index in [4.69, 9.17) is 4.74 Å². The minimum Gasteiger partial charge on any atom is -0.383 e. The summed E-state index contributed by atoms with van der Waals surface area (Å²) in [6, 6.07) is 11.7. The van der Waals surface area contributed by atoms with Crippen LogP contribution in [0.1, 0.15) is 10.4 Å². The monoisotopic (exact) mass is 399 g/mol. The Morgan fingerprint density at radius 1 is 1.25 bits per heavy atom. The van der Waals surface area contributed by atoms with Crippen molar-refractivity contribution in [3.05, 3.63) is 46.4 Å². The van der Waals surface area contributed by atoms with Gasteiger partial charge in [0.25, 0.3) is 5.91 Å². The van der Waals surface area contributed by atoms with E-state index in [0.717, 1.165) is 15.2 Å². The summed E-state index contributed by atoms with van der Waals surface area (Å²) in [4.78, 5) is 12.2. The van der Waals surface area contributed by atoms with Crippen LogP contribution in [0.5, 0.6) is 0 Å². The third-order valence-corrected chi connectivity index (χ3v) is 3.98. The molecular formula is C15H15Br2NO2. The molecule has 0 aliphatic heterocycles. The summed E-state index contributed by atoms with van der Waals surface area (Å²) >= 11 is 6.88. The van der Waals surface area contributed by atoms with Gasteiger partial charge in [0.2, 0.25) is 0 Å². The van der Waals surface area contributed by atoms with Crippen LogP contribution in [-0.2, 0) is 4.74 Å². The van der Waals surface area contributed by atoms with E-state index in [-0.39, 0.29) is 10.7 Å². The Bertz CT molecular complexity index is 616. The van der Waals surface area contributed by atoms with Crippen molar-refractivity contribution in [1.82, 2.24) is 5.32 Å². The number of carbonyl (C=O) groups is 1. The van der Waals surface area contributed by atoms with E-state index in [1.165, 1.54) is 0 Å². The van der Waals surface area contributed by atoms with Gasteiger partial charge < -0.3 is 10.1 Å². The van der Waals surface area contributed by atoms with Gasteiger partial charge in [0, 0.05) is 23.7 Å². The fourth-order valence-corrected chi connectivity index (χ4v) is 2.71. The second kappa shape index (κ2) is 7.20. The van der Waals surface area contributed by atoms with Crippen molar-refractivity contribution in [2.24, 2.45) is 0 Å². The number of ether oxygens (including phenoxy) is 1. The molecule has 5 heteroatoms. The highest BCUT2D eigenvalue weighted by Gasteiger charge is 2.09. The van der Waals surface area contributed by atoms with E-state index in [0.29, 0.717) is 18.7 Å². The van der Waals surface area contributed by atoms with Gasteiger partial charge in [0.1, 0.15) is 0 Å². The largest absolute Gasteiger partial charge is 0.383 e. The van der Waals surface area contributed by atoms with Gasteiger partial charge in [-0.3, -0.25) is 4.79 Å². The molecule has 0 radical (unpaired) electrons. The van der Waals surface area contributed by atoms with E-state index >= 15 is 0 Å². The van der Waals surface area contributed by atoms with Crippen LogP contribution in [-0.4, -0.2) is 31.0 Å². The highest BCUT2D eigenvalue weighted by Crippen LogP contribution is 2.21. The Hall–Kier alpha value is -0.910. The van der Waals surface area contributed by atoms with Gasteiger partial charge in [-0.25, -0.2) is 0 Å². The molecule has 106 valence electrons. The second-order valence-corrected chi connectivity index (χ2v) is 6.68. The van der Waals surface area contributed by atoms with Crippen LogP contribution in [0.2, 0.25) is 0 Å².